The maximum absolute atomic E-state index is 13.8. The van der Waals surface area contributed by atoms with E-state index >= 15 is 0 Å². The summed E-state index contributed by atoms with van der Waals surface area (Å²) in [5, 5.41) is 19.0. The minimum Gasteiger partial charge on any atom is -0.504 e. The number of nitriles is 1. The zero-order valence-electron chi connectivity index (χ0n) is 11.1. The van der Waals surface area contributed by atoms with E-state index < -0.39 is 5.82 Å². The van der Waals surface area contributed by atoms with Gasteiger partial charge in [0, 0.05) is 5.56 Å². The summed E-state index contributed by atoms with van der Waals surface area (Å²) in [5.41, 5.74) is 1.09. The lowest BCUT2D eigenvalue weighted by Gasteiger charge is -2.07. The molecule has 0 fully saturated rings. The van der Waals surface area contributed by atoms with E-state index in [1.807, 2.05) is 28.7 Å². The van der Waals surface area contributed by atoms with E-state index in [4.69, 9.17) is 4.74 Å². The third kappa shape index (κ3) is 3.34. The maximum Gasteiger partial charge on any atom is 0.171 e. The van der Waals surface area contributed by atoms with E-state index in [1.54, 1.807) is 36.4 Å². The standard InChI is InChI=1S/C16H11FINO2/c1-21-15-8-10(7-14(18)16(15)20)6-11(9-19)12-4-2-3-5-13(12)17/h2-8,20H,1H3/b11-6-. The zero-order chi connectivity index (χ0) is 15.4. The van der Waals surface area contributed by atoms with Crippen molar-refractivity contribution in [3.05, 3.63) is 56.9 Å². The summed E-state index contributed by atoms with van der Waals surface area (Å²) >= 11 is 1.96. The average molecular weight is 395 g/mol. The van der Waals surface area contributed by atoms with Crippen LogP contribution in [0.3, 0.4) is 0 Å². The van der Waals surface area contributed by atoms with Gasteiger partial charge in [0.1, 0.15) is 5.82 Å². The van der Waals surface area contributed by atoms with Gasteiger partial charge in [-0.2, -0.15) is 5.26 Å². The van der Waals surface area contributed by atoms with Crippen LogP contribution >= 0.6 is 22.6 Å². The Kier molecular flexibility index (Phi) is 4.81. The van der Waals surface area contributed by atoms with Gasteiger partial charge in [0.05, 0.1) is 22.3 Å². The Labute approximate surface area is 135 Å². The Hall–Kier alpha value is -2.07. The number of hydrogen-bond acceptors (Lipinski definition) is 3. The number of allylic oxidation sites excluding steroid dienone is 1. The fourth-order valence-electron chi connectivity index (χ4n) is 1.85. The maximum atomic E-state index is 13.8. The second-order valence-electron chi connectivity index (χ2n) is 4.20. The van der Waals surface area contributed by atoms with E-state index in [0.717, 1.165) is 0 Å². The first kappa shape index (κ1) is 15.3. The van der Waals surface area contributed by atoms with Crippen LogP contribution in [-0.2, 0) is 0 Å². The van der Waals surface area contributed by atoms with Gasteiger partial charge >= 0.3 is 0 Å². The van der Waals surface area contributed by atoms with Crippen molar-refractivity contribution in [1.29, 1.82) is 5.26 Å². The first-order valence-electron chi connectivity index (χ1n) is 6.00. The Morgan fingerprint density at radius 3 is 2.71 bits per heavy atom. The molecule has 3 nitrogen and oxygen atoms in total. The van der Waals surface area contributed by atoms with Gasteiger partial charge in [0.25, 0.3) is 0 Å². The molecule has 0 bridgehead atoms. The molecule has 0 amide bonds. The highest BCUT2D eigenvalue weighted by Gasteiger charge is 2.10. The average Bonchev–Trinajstić information content (AvgIpc) is 2.49. The molecular weight excluding hydrogens is 384 g/mol. The van der Waals surface area contributed by atoms with Crippen LogP contribution in [0.5, 0.6) is 11.5 Å². The second-order valence-corrected chi connectivity index (χ2v) is 5.37. The molecule has 0 saturated heterocycles. The number of aromatic hydroxyl groups is 1. The van der Waals surface area contributed by atoms with Crippen molar-refractivity contribution in [2.24, 2.45) is 0 Å². The number of phenols is 1. The van der Waals surface area contributed by atoms with Crippen LogP contribution in [-0.4, -0.2) is 12.2 Å². The Bertz CT molecular complexity index is 750. The van der Waals surface area contributed by atoms with Crippen LogP contribution < -0.4 is 4.74 Å². The normalized spacial score (nSPS) is 11.0. The molecule has 0 aromatic heterocycles. The predicted octanol–water partition coefficient (Wildman–Crippen LogP) is 4.21. The van der Waals surface area contributed by atoms with Crippen molar-refractivity contribution < 1.29 is 14.2 Å². The summed E-state index contributed by atoms with van der Waals surface area (Å²) in [6.45, 7) is 0. The Morgan fingerprint density at radius 2 is 2.10 bits per heavy atom. The minimum absolute atomic E-state index is 0.0413. The highest BCUT2D eigenvalue weighted by Crippen LogP contribution is 2.33. The number of nitrogens with zero attached hydrogens (tertiary/aromatic N) is 1. The molecule has 2 aromatic carbocycles. The summed E-state index contributed by atoms with van der Waals surface area (Å²) in [6.07, 6.45) is 1.56. The van der Waals surface area contributed by atoms with Crippen molar-refractivity contribution in [3.63, 3.8) is 0 Å². The van der Waals surface area contributed by atoms with E-state index in [2.05, 4.69) is 0 Å². The lowest BCUT2D eigenvalue weighted by atomic mass is 10.0. The molecule has 0 aliphatic heterocycles. The van der Waals surface area contributed by atoms with Gasteiger partial charge in [0.15, 0.2) is 11.5 Å². The number of rotatable bonds is 3. The molecular formula is C16H11FINO2. The molecule has 0 unspecified atom stereocenters. The van der Waals surface area contributed by atoms with E-state index in [0.29, 0.717) is 14.9 Å². The lowest BCUT2D eigenvalue weighted by molar-refractivity contribution is 0.371. The molecule has 0 aliphatic carbocycles. The molecule has 5 heteroatoms. The second kappa shape index (κ2) is 6.59. The van der Waals surface area contributed by atoms with Crippen molar-refractivity contribution in [2.45, 2.75) is 0 Å². The van der Waals surface area contributed by atoms with Crippen molar-refractivity contribution in [2.75, 3.05) is 7.11 Å². The third-order valence-corrected chi connectivity index (χ3v) is 3.69. The van der Waals surface area contributed by atoms with Gasteiger partial charge in [-0.1, -0.05) is 18.2 Å². The van der Waals surface area contributed by atoms with Crippen LogP contribution in [0.15, 0.2) is 36.4 Å². The van der Waals surface area contributed by atoms with Crippen LogP contribution in [0, 0.1) is 20.7 Å². The molecule has 21 heavy (non-hydrogen) atoms. The predicted molar refractivity (Wildman–Crippen MR) is 87.3 cm³/mol. The molecule has 0 spiro atoms. The topological polar surface area (TPSA) is 53.2 Å². The molecule has 0 saturated carbocycles. The lowest BCUT2D eigenvalue weighted by Crippen LogP contribution is -1.90. The summed E-state index contributed by atoms with van der Waals surface area (Å²) in [7, 11) is 1.45. The molecule has 106 valence electrons. The molecule has 0 radical (unpaired) electrons. The number of halogens is 2. The molecule has 0 heterocycles. The van der Waals surface area contributed by atoms with E-state index in [9.17, 15) is 14.8 Å². The monoisotopic (exact) mass is 395 g/mol. The quantitative estimate of drug-likeness (QED) is 0.481. The molecule has 2 aromatic rings. The zero-order valence-corrected chi connectivity index (χ0v) is 13.3. The number of methoxy groups -OCH3 is 1. The molecule has 0 atom stereocenters. The highest BCUT2D eigenvalue weighted by molar-refractivity contribution is 14.1. The van der Waals surface area contributed by atoms with Crippen molar-refractivity contribution >= 4 is 34.2 Å². The van der Waals surface area contributed by atoms with Crippen LogP contribution in [0.1, 0.15) is 11.1 Å². The minimum atomic E-state index is -0.453. The number of benzene rings is 2. The van der Waals surface area contributed by atoms with Crippen LogP contribution in [0.2, 0.25) is 0 Å². The number of hydrogen-bond donors (Lipinski definition) is 1. The summed E-state index contributed by atoms with van der Waals surface area (Å²) in [4.78, 5) is 0. The smallest absolute Gasteiger partial charge is 0.171 e. The Balaban J connectivity index is 2.54. The summed E-state index contributed by atoms with van der Waals surface area (Å²) < 4.78 is 19.4. The fraction of sp³-hybridized carbons (Fsp3) is 0.0625. The number of ether oxygens (including phenoxy) is 1. The van der Waals surface area contributed by atoms with Gasteiger partial charge < -0.3 is 9.84 Å². The van der Waals surface area contributed by atoms with E-state index in [-0.39, 0.29) is 16.9 Å². The first-order chi connectivity index (χ1) is 10.1. The highest BCUT2D eigenvalue weighted by atomic mass is 127. The Morgan fingerprint density at radius 1 is 1.38 bits per heavy atom. The third-order valence-electron chi connectivity index (χ3n) is 2.87. The van der Waals surface area contributed by atoms with Gasteiger partial charge in [-0.3, -0.25) is 0 Å². The van der Waals surface area contributed by atoms with Crippen molar-refractivity contribution in [3.8, 4) is 17.6 Å². The fourth-order valence-corrected chi connectivity index (χ4v) is 2.47. The van der Waals surface area contributed by atoms with E-state index in [1.165, 1.54) is 13.2 Å². The molecule has 1 N–H and O–H groups in total. The van der Waals surface area contributed by atoms with Gasteiger partial charge in [0.2, 0.25) is 0 Å². The SMILES string of the molecule is COc1cc(/C=C(/C#N)c2ccccc2F)cc(I)c1O. The van der Waals surface area contributed by atoms with Gasteiger partial charge in [-0.05, 0) is 52.4 Å². The number of phenolic OH excluding ortho intramolecular Hbond substituents is 1. The molecule has 2 rings (SSSR count). The van der Waals surface area contributed by atoms with Crippen LogP contribution in [0.4, 0.5) is 4.39 Å². The first-order valence-corrected chi connectivity index (χ1v) is 7.08. The van der Waals surface area contributed by atoms with Crippen molar-refractivity contribution in [1.82, 2.24) is 0 Å². The summed E-state index contributed by atoms with van der Waals surface area (Å²) in [6, 6.07) is 11.4. The van der Waals surface area contributed by atoms with Gasteiger partial charge in [-0.25, -0.2) is 4.39 Å². The summed E-state index contributed by atoms with van der Waals surface area (Å²) in [5.74, 6) is -0.107. The van der Waals surface area contributed by atoms with Gasteiger partial charge in [-0.15, -0.1) is 0 Å². The molecule has 0 aliphatic rings. The largest absolute Gasteiger partial charge is 0.504 e. The van der Waals surface area contributed by atoms with Crippen LogP contribution in [0.25, 0.3) is 11.6 Å².